The second-order valence-corrected chi connectivity index (χ2v) is 4.64. The van der Waals surface area contributed by atoms with Crippen molar-refractivity contribution in [3.63, 3.8) is 0 Å². The highest BCUT2D eigenvalue weighted by atomic mass is 16.3. The molecule has 2 N–H and O–H groups in total. The number of anilines is 3. The summed E-state index contributed by atoms with van der Waals surface area (Å²) in [6.45, 7) is 1.79. The molecule has 0 saturated heterocycles. The van der Waals surface area contributed by atoms with E-state index in [2.05, 4.69) is 20.6 Å². The summed E-state index contributed by atoms with van der Waals surface area (Å²) in [4.78, 5) is 20.1. The van der Waals surface area contributed by atoms with Crippen LogP contribution in [0.15, 0.2) is 59.3 Å². The molecule has 0 aliphatic heterocycles. The number of aryl methyl sites for hydroxylation is 1. The summed E-state index contributed by atoms with van der Waals surface area (Å²) in [6, 6.07) is 12.4. The molecule has 0 aliphatic carbocycles. The van der Waals surface area contributed by atoms with Gasteiger partial charge in [-0.1, -0.05) is 0 Å². The molecule has 0 fully saturated rings. The number of aromatic nitrogens is 2. The Morgan fingerprint density at radius 1 is 1.00 bits per heavy atom. The van der Waals surface area contributed by atoms with Crippen LogP contribution in [0.3, 0.4) is 0 Å². The van der Waals surface area contributed by atoms with E-state index in [9.17, 15) is 4.79 Å². The number of hydrogen-bond acceptors (Lipinski definition) is 5. The molecule has 2 heterocycles. The van der Waals surface area contributed by atoms with E-state index in [4.69, 9.17) is 4.42 Å². The van der Waals surface area contributed by atoms with Crippen molar-refractivity contribution in [2.24, 2.45) is 0 Å². The van der Waals surface area contributed by atoms with Crippen LogP contribution >= 0.6 is 0 Å². The van der Waals surface area contributed by atoms with Crippen LogP contribution in [0.5, 0.6) is 0 Å². The quantitative estimate of drug-likeness (QED) is 0.771. The van der Waals surface area contributed by atoms with Crippen LogP contribution in [-0.2, 0) is 0 Å². The fourth-order valence-corrected chi connectivity index (χ4v) is 1.88. The van der Waals surface area contributed by atoms with Gasteiger partial charge >= 0.3 is 0 Å². The Bertz CT molecular complexity index is 766. The fourth-order valence-electron chi connectivity index (χ4n) is 1.88. The Labute approximate surface area is 127 Å². The van der Waals surface area contributed by atoms with E-state index in [1.54, 1.807) is 49.6 Å². The summed E-state index contributed by atoms with van der Waals surface area (Å²) in [5.41, 5.74) is 1.51. The third-order valence-electron chi connectivity index (χ3n) is 2.93. The van der Waals surface area contributed by atoms with Gasteiger partial charge in [0.1, 0.15) is 5.76 Å². The lowest BCUT2D eigenvalue weighted by Crippen LogP contribution is -2.10. The average molecular weight is 294 g/mol. The average Bonchev–Trinajstić information content (AvgIpc) is 2.97. The fraction of sp³-hybridized carbons (Fsp3) is 0.0625. The molecule has 3 rings (SSSR count). The Morgan fingerprint density at radius 3 is 2.32 bits per heavy atom. The van der Waals surface area contributed by atoms with Gasteiger partial charge in [-0.05, 0) is 49.4 Å². The second-order valence-electron chi connectivity index (χ2n) is 4.64. The Balaban J connectivity index is 1.65. The van der Waals surface area contributed by atoms with Gasteiger partial charge in [0, 0.05) is 23.8 Å². The SMILES string of the molecule is Cc1ccc(C(=O)Nc2ccc(Nc3ncccn3)cc2)o1. The van der Waals surface area contributed by atoms with E-state index in [1.807, 2.05) is 12.1 Å². The van der Waals surface area contributed by atoms with E-state index in [-0.39, 0.29) is 11.7 Å². The molecule has 0 bridgehead atoms. The normalized spacial score (nSPS) is 10.2. The molecule has 0 unspecified atom stereocenters. The first-order chi connectivity index (χ1) is 10.7. The molecule has 0 saturated carbocycles. The number of rotatable bonds is 4. The van der Waals surface area contributed by atoms with Gasteiger partial charge in [-0.15, -0.1) is 0 Å². The number of amides is 1. The number of benzene rings is 1. The minimum Gasteiger partial charge on any atom is -0.456 e. The third kappa shape index (κ3) is 3.29. The molecule has 0 atom stereocenters. The summed E-state index contributed by atoms with van der Waals surface area (Å²) < 4.78 is 5.28. The zero-order valence-corrected chi connectivity index (χ0v) is 11.9. The smallest absolute Gasteiger partial charge is 0.291 e. The predicted molar refractivity (Wildman–Crippen MR) is 83.2 cm³/mol. The lowest BCUT2D eigenvalue weighted by atomic mass is 10.2. The van der Waals surface area contributed by atoms with Gasteiger partial charge in [-0.2, -0.15) is 0 Å². The third-order valence-corrected chi connectivity index (χ3v) is 2.93. The van der Waals surface area contributed by atoms with Gasteiger partial charge in [0.25, 0.3) is 5.91 Å². The van der Waals surface area contributed by atoms with Crippen molar-refractivity contribution in [1.29, 1.82) is 0 Å². The first-order valence-corrected chi connectivity index (χ1v) is 6.72. The van der Waals surface area contributed by atoms with Crippen molar-refractivity contribution < 1.29 is 9.21 Å². The molecule has 0 spiro atoms. The van der Waals surface area contributed by atoms with Crippen LogP contribution in [0, 0.1) is 6.92 Å². The minimum atomic E-state index is -0.278. The van der Waals surface area contributed by atoms with Gasteiger partial charge in [0.15, 0.2) is 5.76 Å². The lowest BCUT2D eigenvalue weighted by molar-refractivity contribution is 0.0995. The molecule has 1 amide bonds. The van der Waals surface area contributed by atoms with Crippen LogP contribution in [0.4, 0.5) is 17.3 Å². The molecule has 0 aliphatic rings. The standard InChI is InChI=1S/C16H14N4O2/c1-11-3-8-14(22-11)15(21)19-12-4-6-13(7-5-12)20-16-17-9-2-10-18-16/h2-10H,1H3,(H,19,21)(H,17,18,20). The molecule has 22 heavy (non-hydrogen) atoms. The highest BCUT2D eigenvalue weighted by molar-refractivity contribution is 6.02. The van der Waals surface area contributed by atoms with E-state index < -0.39 is 0 Å². The van der Waals surface area contributed by atoms with Crippen LogP contribution in [0.2, 0.25) is 0 Å². The van der Waals surface area contributed by atoms with E-state index >= 15 is 0 Å². The van der Waals surface area contributed by atoms with E-state index in [1.165, 1.54) is 0 Å². The lowest BCUT2D eigenvalue weighted by Gasteiger charge is -2.06. The number of carbonyl (C=O) groups excluding carboxylic acids is 1. The van der Waals surface area contributed by atoms with Crippen LogP contribution in [-0.4, -0.2) is 15.9 Å². The Hall–Kier alpha value is -3.15. The van der Waals surface area contributed by atoms with Crippen LogP contribution in [0.25, 0.3) is 0 Å². The maximum atomic E-state index is 12.0. The molecule has 0 radical (unpaired) electrons. The Morgan fingerprint density at radius 2 is 1.68 bits per heavy atom. The molecular formula is C16H14N4O2. The van der Waals surface area contributed by atoms with Gasteiger partial charge in [0.2, 0.25) is 5.95 Å². The largest absolute Gasteiger partial charge is 0.456 e. The van der Waals surface area contributed by atoms with E-state index in [0.717, 1.165) is 5.69 Å². The van der Waals surface area contributed by atoms with Crippen molar-refractivity contribution in [2.75, 3.05) is 10.6 Å². The van der Waals surface area contributed by atoms with Crippen molar-refractivity contribution in [1.82, 2.24) is 9.97 Å². The summed E-state index contributed by atoms with van der Waals surface area (Å²) in [5, 5.41) is 5.84. The van der Waals surface area contributed by atoms with Gasteiger partial charge in [-0.3, -0.25) is 4.79 Å². The van der Waals surface area contributed by atoms with Gasteiger partial charge in [-0.25, -0.2) is 9.97 Å². The topological polar surface area (TPSA) is 80.0 Å². The second kappa shape index (κ2) is 6.09. The summed E-state index contributed by atoms with van der Waals surface area (Å²) in [7, 11) is 0. The number of hydrogen-bond donors (Lipinski definition) is 2. The van der Waals surface area contributed by atoms with Gasteiger partial charge in [0.05, 0.1) is 0 Å². The zero-order chi connectivity index (χ0) is 15.4. The van der Waals surface area contributed by atoms with Crippen molar-refractivity contribution in [3.8, 4) is 0 Å². The predicted octanol–water partition coefficient (Wildman–Crippen LogP) is 3.37. The van der Waals surface area contributed by atoms with Gasteiger partial charge < -0.3 is 15.1 Å². The highest BCUT2D eigenvalue weighted by Gasteiger charge is 2.10. The molecule has 1 aromatic carbocycles. The minimum absolute atomic E-state index is 0.278. The monoisotopic (exact) mass is 294 g/mol. The molecular weight excluding hydrogens is 280 g/mol. The summed E-state index contributed by atoms with van der Waals surface area (Å²) in [5.74, 6) is 1.23. The van der Waals surface area contributed by atoms with Crippen LogP contribution in [0.1, 0.15) is 16.3 Å². The summed E-state index contributed by atoms with van der Waals surface area (Å²) in [6.07, 6.45) is 3.32. The number of carbonyl (C=O) groups is 1. The van der Waals surface area contributed by atoms with Crippen molar-refractivity contribution >= 4 is 23.2 Å². The molecule has 3 aromatic rings. The zero-order valence-electron chi connectivity index (χ0n) is 11.9. The maximum Gasteiger partial charge on any atom is 0.291 e. The number of furan rings is 1. The Kier molecular flexibility index (Phi) is 3.82. The highest BCUT2D eigenvalue weighted by Crippen LogP contribution is 2.17. The summed E-state index contributed by atoms with van der Waals surface area (Å²) >= 11 is 0. The maximum absolute atomic E-state index is 12.0. The molecule has 2 aromatic heterocycles. The molecule has 6 nitrogen and oxygen atoms in total. The van der Waals surface area contributed by atoms with Crippen molar-refractivity contribution in [3.05, 3.63) is 66.4 Å². The first kappa shape index (κ1) is 13.8. The molecule has 110 valence electrons. The first-order valence-electron chi connectivity index (χ1n) is 6.72. The van der Waals surface area contributed by atoms with Crippen molar-refractivity contribution in [2.45, 2.75) is 6.92 Å². The molecule has 6 heteroatoms. The van der Waals surface area contributed by atoms with E-state index in [0.29, 0.717) is 17.4 Å². The van der Waals surface area contributed by atoms with Crippen LogP contribution < -0.4 is 10.6 Å². The number of nitrogens with one attached hydrogen (secondary N) is 2. The number of nitrogens with zero attached hydrogens (tertiary/aromatic N) is 2.